The minimum atomic E-state index is -0.800. The standard InChI is InChI=1S/C19H25FN4O4/c1-4-8-24-17(21)16(18(26)22-19(24)27)14(25)11-23(5-2)10-12-6-7-15(28-3)13(20)9-12/h6-7,9H,4-5,8,10-11,21H2,1-3H3,(H,22,26,27). The third-order valence-electron chi connectivity index (χ3n) is 4.40. The van der Waals surface area contributed by atoms with Gasteiger partial charge in [-0.1, -0.05) is 19.9 Å². The van der Waals surface area contributed by atoms with E-state index < -0.39 is 22.8 Å². The van der Waals surface area contributed by atoms with Crippen molar-refractivity contribution in [1.82, 2.24) is 14.5 Å². The number of methoxy groups -OCH3 is 1. The van der Waals surface area contributed by atoms with Gasteiger partial charge >= 0.3 is 5.69 Å². The molecule has 0 aliphatic heterocycles. The summed E-state index contributed by atoms with van der Waals surface area (Å²) in [6.45, 7) is 4.69. The molecule has 2 aromatic rings. The average molecular weight is 392 g/mol. The van der Waals surface area contributed by atoms with E-state index in [-0.39, 0.29) is 23.7 Å². The second kappa shape index (κ2) is 9.32. The fourth-order valence-corrected chi connectivity index (χ4v) is 2.93. The number of likely N-dealkylation sites (N-methyl/N-ethyl adjacent to an activating group) is 1. The van der Waals surface area contributed by atoms with Crippen molar-refractivity contribution in [1.29, 1.82) is 0 Å². The molecular formula is C19H25FN4O4. The molecule has 2 rings (SSSR count). The summed E-state index contributed by atoms with van der Waals surface area (Å²) < 4.78 is 20.0. The number of hydrogen-bond donors (Lipinski definition) is 2. The van der Waals surface area contributed by atoms with Crippen molar-refractivity contribution in [2.24, 2.45) is 0 Å². The van der Waals surface area contributed by atoms with Gasteiger partial charge in [-0.3, -0.25) is 24.0 Å². The van der Waals surface area contributed by atoms with Crippen LogP contribution < -0.4 is 21.7 Å². The van der Waals surface area contributed by atoms with Crippen LogP contribution >= 0.6 is 0 Å². The van der Waals surface area contributed by atoms with E-state index >= 15 is 0 Å². The molecule has 0 saturated carbocycles. The zero-order chi connectivity index (χ0) is 20.8. The zero-order valence-corrected chi connectivity index (χ0v) is 16.3. The molecule has 0 fully saturated rings. The Bertz CT molecular complexity index is 967. The number of nitrogens with zero attached hydrogens (tertiary/aromatic N) is 2. The highest BCUT2D eigenvalue weighted by Crippen LogP contribution is 2.19. The number of carbonyl (C=O) groups is 1. The van der Waals surface area contributed by atoms with E-state index in [1.54, 1.807) is 11.0 Å². The maximum Gasteiger partial charge on any atom is 0.329 e. The van der Waals surface area contributed by atoms with Gasteiger partial charge in [-0.2, -0.15) is 0 Å². The number of H-pyrrole nitrogens is 1. The molecule has 0 saturated heterocycles. The SMILES string of the molecule is CCCn1c(N)c(C(=O)CN(CC)Cc2ccc(OC)c(F)c2)c(=O)[nH]c1=O. The van der Waals surface area contributed by atoms with Gasteiger partial charge in [0.1, 0.15) is 11.4 Å². The topological polar surface area (TPSA) is 110 Å². The smallest absolute Gasteiger partial charge is 0.329 e. The van der Waals surface area contributed by atoms with E-state index in [1.807, 2.05) is 13.8 Å². The molecule has 0 aliphatic rings. The van der Waals surface area contributed by atoms with Gasteiger partial charge < -0.3 is 10.5 Å². The summed E-state index contributed by atoms with van der Waals surface area (Å²) >= 11 is 0. The van der Waals surface area contributed by atoms with Crippen LogP contribution in [-0.2, 0) is 13.1 Å². The number of anilines is 1. The highest BCUT2D eigenvalue weighted by molar-refractivity contribution is 6.01. The first kappa shape index (κ1) is 21.4. The van der Waals surface area contributed by atoms with Crippen molar-refractivity contribution < 1.29 is 13.9 Å². The molecule has 0 radical (unpaired) electrons. The summed E-state index contributed by atoms with van der Waals surface area (Å²) in [4.78, 5) is 40.7. The van der Waals surface area contributed by atoms with E-state index in [2.05, 4.69) is 4.98 Å². The number of nitrogens with one attached hydrogen (secondary N) is 1. The molecule has 0 amide bonds. The molecule has 0 aliphatic carbocycles. The number of carbonyl (C=O) groups excluding carboxylic acids is 1. The second-order valence-corrected chi connectivity index (χ2v) is 6.37. The third kappa shape index (κ3) is 4.66. The number of aromatic nitrogens is 2. The number of aromatic amines is 1. The number of ether oxygens (including phenoxy) is 1. The molecule has 1 heterocycles. The molecule has 152 valence electrons. The average Bonchev–Trinajstić information content (AvgIpc) is 2.64. The Kier molecular flexibility index (Phi) is 7.11. The van der Waals surface area contributed by atoms with Gasteiger partial charge in [-0.15, -0.1) is 0 Å². The summed E-state index contributed by atoms with van der Waals surface area (Å²) in [6.07, 6.45) is 0.619. The number of benzene rings is 1. The highest BCUT2D eigenvalue weighted by Gasteiger charge is 2.21. The maximum atomic E-state index is 13.9. The molecule has 28 heavy (non-hydrogen) atoms. The van der Waals surface area contributed by atoms with Gasteiger partial charge in [-0.05, 0) is 30.7 Å². The third-order valence-corrected chi connectivity index (χ3v) is 4.40. The molecule has 1 aromatic carbocycles. The van der Waals surface area contributed by atoms with E-state index in [0.717, 1.165) is 0 Å². The van der Waals surface area contributed by atoms with Gasteiger partial charge in [0.15, 0.2) is 17.3 Å². The van der Waals surface area contributed by atoms with Gasteiger partial charge in [0.2, 0.25) is 0 Å². The normalized spacial score (nSPS) is 11.0. The van der Waals surface area contributed by atoms with Crippen LogP contribution in [0.4, 0.5) is 10.2 Å². The van der Waals surface area contributed by atoms with E-state index in [1.165, 1.54) is 23.8 Å². The number of halogens is 1. The first-order valence-corrected chi connectivity index (χ1v) is 9.02. The number of hydrogen-bond acceptors (Lipinski definition) is 6. The first-order chi connectivity index (χ1) is 13.3. The van der Waals surface area contributed by atoms with Gasteiger partial charge in [0.25, 0.3) is 5.56 Å². The van der Waals surface area contributed by atoms with Crippen LogP contribution in [0, 0.1) is 5.82 Å². The fraction of sp³-hybridized carbons (Fsp3) is 0.421. The Morgan fingerprint density at radius 1 is 1.32 bits per heavy atom. The molecule has 1 aromatic heterocycles. The Hall–Kier alpha value is -2.94. The zero-order valence-electron chi connectivity index (χ0n) is 16.3. The van der Waals surface area contributed by atoms with Gasteiger partial charge in [0, 0.05) is 13.1 Å². The number of rotatable bonds is 9. The van der Waals surface area contributed by atoms with Crippen LogP contribution in [0.2, 0.25) is 0 Å². The Labute approximate surface area is 161 Å². The van der Waals surface area contributed by atoms with E-state index in [0.29, 0.717) is 31.6 Å². The molecule has 0 bridgehead atoms. The maximum absolute atomic E-state index is 13.9. The molecule has 3 N–H and O–H groups in total. The van der Waals surface area contributed by atoms with Crippen molar-refractivity contribution in [2.75, 3.05) is 25.9 Å². The van der Waals surface area contributed by atoms with Crippen LogP contribution in [0.3, 0.4) is 0 Å². The molecule has 0 spiro atoms. The Morgan fingerprint density at radius 2 is 2.04 bits per heavy atom. The highest BCUT2D eigenvalue weighted by atomic mass is 19.1. The molecule has 0 unspecified atom stereocenters. The van der Waals surface area contributed by atoms with Gasteiger partial charge in [0.05, 0.1) is 13.7 Å². The Balaban J connectivity index is 2.25. The number of nitrogen functional groups attached to an aromatic ring is 1. The van der Waals surface area contributed by atoms with E-state index in [9.17, 15) is 18.8 Å². The lowest BCUT2D eigenvalue weighted by atomic mass is 10.1. The van der Waals surface area contributed by atoms with E-state index in [4.69, 9.17) is 10.5 Å². The fourth-order valence-electron chi connectivity index (χ4n) is 2.93. The summed E-state index contributed by atoms with van der Waals surface area (Å²) in [7, 11) is 1.38. The Morgan fingerprint density at radius 3 is 2.61 bits per heavy atom. The number of Topliss-reactive ketones (excluding diaryl/α,β-unsaturated/α-hetero) is 1. The minimum Gasteiger partial charge on any atom is -0.494 e. The lowest BCUT2D eigenvalue weighted by molar-refractivity contribution is 0.0928. The number of nitrogens with two attached hydrogens (primary N) is 1. The quantitative estimate of drug-likeness (QED) is 0.624. The summed E-state index contributed by atoms with van der Waals surface area (Å²) in [6, 6.07) is 4.57. The lowest BCUT2D eigenvalue weighted by Crippen LogP contribution is -2.39. The van der Waals surface area contributed by atoms with Crippen molar-refractivity contribution in [3.05, 3.63) is 56.0 Å². The monoisotopic (exact) mass is 392 g/mol. The summed E-state index contributed by atoms with van der Waals surface area (Å²) in [5.41, 5.74) is 4.93. The van der Waals surface area contributed by atoms with Crippen LogP contribution in [0.25, 0.3) is 0 Å². The van der Waals surface area contributed by atoms with Crippen molar-refractivity contribution in [3.8, 4) is 5.75 Å². The van der Waals surface area contributed by atoms with Crippen LogP contribution in [0.15, 0.2) is 27.8 Å². The predicted octanol–water partition coefficient (Wildman–Crippen LogP) is 1.38. The second-order valence-electron chi connectivity index (χ2n) is 6.37. The largest absolute Gasteiger partial charge is 0.494 e. The van der Waals surface area contributed by atoms with Crippen molar-refractivity contribution in [3.63, 3.8) is 0 Å². The lowest BCUT2D eigenvalue weighted by Gasteiger charge is -2.20. The predicted molar refractivity (Wildman–Crippen MR) is 104 cm³/mol. The van der Waals surface area contributed by atoms with Crippen LogP contribution in [0.5, 0.6) is 5.75 Å². The molecule has 9 heteroatoms. The first-order valence-electron chi connectivity index (χ1n) is 9.02. The summed E-state index contributed by atoms with van der Waals surface area (Å²) in [5, 5.41) is 0. The van der Waals surface area contributed by atoms with Crippen molar-refractivity contribution in [2.45, 2.75) is 33.4 Å². The molecular weight excluding hydrogens is 367 g/mol. The molecule has 8 nitrogen and oxygen atoms in total. The summed E-state index contributed by atoms with van der Waals surface area (Å²) in [5.74, 6) is -0.985. The number of ketones is 1. The molecule has 0 atom stereocenters. The van der Waals surface area contributed by atoms with Crippen LogP contribution in [0.1, 0.15) is 36.2 Å². The van der Waals surface area contributed by atoms with Crippen molar-refractivity contribution >= 4 is 11.6 Å². The van der Waals surface area contributed by atoms with Crippen LogP contribution in [-0.4, -0.2) is 40.4 Å². The van der Waals surface area contributed by atoms with Gasteiger partial charge in [-0.25, -0.2) is 9.18 Å². The minimum absolute atomic E-state index is 0.0955.